The Morgan fingerprint density at radius 2 is 2.19 bits per heavy atom. The van der Waals surface area contributed by atoms with Crippen molar-refractivity contribution in [3.63, 3.8) is 0 Å². The van der Waals surface area contributed by atoms with E-state index in [0.29, 0.717) is 30.3 Å². The third-order valence-electron chi connectivity index (χ3n) is 6.12. The zero-order chi connectivity index (χ0) is 22.0. The number of aromatic amines is 1. The molecule has 1 aliphatic rings. The number of rotatable bonds is 6. The lowest BCUT2D eigenvalue weighted by Crippen LogP contribution is -2.41. The van der Waals surface area contributed by atoms with Crippen molar-refractivity contribution in [3.8, 4) is 6.07 Å². The van der Waals surface area contributed by atoms with Crippen LogP contribution in [0.2, 0.25) is 0 Å². The van der Waals surface area contributed by atoms with E-state index in [1.165, 1.54) is 18.3 Å². The van der Waals surface area contributed by atoms with Crippen LogP contribution < -0.4 is 10.6 Å². The van der Waals surface area contributed by atoms with Crippen LogP contribution in [0, 0.1) is 22.6 Å². The van der Waals surface area contributed by atoms with Gasteiger partial charge in [0.1, 0.15) is 23.3 Å². The SMILES string of the molecule is CC1(C)C[C@H](Nc2nc(NCCc3c[nH]c4cc(F)ccc34)ncc2C#N)CC[C@@H]1O. The summed E-state index contributed by atoms with van der Waals surface area (Å²) >= 11 is 0. The Morgan fingerprint density at radius 3 is 2.97 bits per heavy atom. The molecule has 4 rings (SSSR count). The van der Waals surface area contributed by atoms with Crippen molar-refractivity contribution < 1.29 is 9.50 Å². The third-order valence-corrected chi connectivity index (χ3v) is 6.12. The number of nitrogens with zero attached hydrogens (tertiary/aromatic N) is 3. The molecule has 31 heavy (non-hydrogen) atoms. The van der Waals surface area contributed by atoms with Crippen LogP contribution in [0.4, 0.5) is 16.2 Å². The number of aromatic nitrogens is 3. The fraction of sp³-hybridized carbons (Fsp3) is 0.435. The molecule has 0 spiro atoms. The van der Waals surface area contributed by atoms with Crippen LogP contribution >= 0.6 is 0 Å². The number of aliphatic hydroxyl groups excluding tert-OH is 1. The summed E-state index contributed by atoms with van der Waals surface area (Å²) in [4.78, 5) is 11.9. The largest absolute Gasteiger partial charge is 0.393 e. The Labute approximate surface area is 180 Å². The summed E-state index contributed by atoms with van der Waals surface area (Å²) in [6.45, 7) is 4.71. The Balaban J connectivity index is 1.42. The second kappa shape index (κ2) is 8.52. The number of nitrogens with one attached hydrogen (secondary N) is 3. The van der Waals surface area contributed by atoms with E-state index in [1.54, 1.807) is 6.07 Å². The molecule has 0 bridgehead atoms. The molecule has 0 saturated heterocycles. The molecule has 1 saturated carbocycles. The second-order valence-electron chi connectivity index (χ2n) is 8.88. The summed E-state index contributed by atoms with van der Waals surface area (Å²) in [7, 11) is 0. The lowest BCUT2D eigenvalue weighted by molar-refractivity contribution is 0.00926. The summed E-state index contributed by atoms with van der Waals surface area (Å²) in [5.74, 6) is 0.697. The Hall–Kier alpha value is -3.18. The highest BCUT2D eigenvalue weighted by Gasteiger charge is 2.35. The van der Waals surface area contributed by atoms with Gasteiger partial charge in [0.05, 0.1) is 12.3 Å². The maximum Gasteiger partial charge on any atom is 0.224 e. The number of benzene rings is 1. The molecule has 1 aliphatic carbocycles. The molecule has 3 aromatic rings. The monoisotopic (exact) mass is 422 g/mol. The highest BCUT2D eigenvalue weighted by molar-refractivity contribution is 5.83. The number of fused-ring (bicyclic) bond motifs is 1. The average molecular weight is 423 g/mol. The Bertz CT molecular complexity index is 1120. The number of hydrogen-bond acceptors (Lipinski definition) is 6. The molecule has 0 amide bonds. The van der Waals surface area contributed by atoms with Crippen molar-refractivity contribution >= 4 is 22.7 Å². The standard InChI is InChI=1S/C23H27FN6O/c1-23(2)10-17(4-6-20(23)31)29-21-15(11-25)13-28-22(30-21)26-8-7-14-12-27-19-9-16(24)3-5-18(14)19/h3,5,9,12-13,17,20,27,31H,4,6-8,10H2,1-2H3,(H2,26,28,29,30)/t17-,20+/m1/s1. The van der Waals surface area contributed by atoms with Crippen LogP contribution in [0.15, 0.2) is 30.6 Å². The second-order valence-corrected chi connectivity index (χ2v) is 8.88. The summed E-state index contributed by atoms with van der Waals surface area (Å²) in [6, 6.07) is 7.01. The molecule has 8 heteroatoms. The Morgan fingerprint density at radius 1 is 1.35 bits per heavy atom. The minimum atomic E-state index is -0.315. The van der Waals surface area contributed by atoms with Gasteiger partial charge in [0, 0.05) is 29.7 Å². The predicted molar refractivity (Wildman–Crippen MR) is 118 cm³/mol. The van der Waals surface area contributed by atoms with E-state index in [1.807, 2.05) is 6.20 Å². The molecule has 2 aromatic heterocycles. The van der Waals surface area contributed by atoms with Gasteiger partial charge < -0.3 is 20.7 Å². The maximum absolute atomic E-state index is 13.4. The van der Waals surface area contributed by atoms with Gasteiger partial charge in [-0.05, 0) is 54.9 Å². The number of hydrogen-bond donors (Lipinski definition) is 4. The molecule has 4 N–H and O–H groups in total. The quantitative estimate of drug-likeness (QED) is 0.478. The fourth-order valence-electron chi connectivity index (χ4n) is 4.27. The highest BCUT2D eigenvalue weighted by Crippen LogP contribution is 2.37. The lowest BCUT2D eigenvalue weighted by atomic mass is 9.73. The number of halogens is 1. The van der Waals surface area contributed by atoms with Crippen LogP contribution in [0.3, 0.4) is 0 Å². The lowest BCUT2D eigenvalue weighted by Gasteiger charge is -2.40. The predicted octanol–water partition coefficient (Wildman–Crippen LogP) is 3.97. The minimum absolute atomic E-state index is 0.139. The number of anilines is 2. The molecule has 2 heterocycles. The van der Waals surface area contributed by atoms with Crippen molar-refractivity contribution in [2.24, 2.45) is 5.41 Å². The van der Waals surface area contributed by atoms with E-state index >= 15 is 0 Å². The smallest absolute Gasteiger partial charge is 0.224 e. The summed E-state index contributed by atoms with van der Waals surface area (Å²) in [6.07, 6.45) is 6.15. The first kappa shape index (κ1) is 21.1. The molecule has 1 aromatic carbocycles. The van der Waals surface area contributed by atoms with Crippen LogP contribution in [-0.2, 0) is 6.42 Å². The summed E-state index contributed by atoms with van der Waals surface area (Å²) in [5, 5.41) is 27.2. The molecule has 1 fully saturated rings. The molecule has 0 radical (unpaired) electrons. The summed E-state index contributed by atoms with van der Waals surface area (Å²) in [5.41, 5.74) is 2.07. The number of aliphatic hydroxyl groups is 1. The van der Waals surface area contributed by atoms with E-state index in [4.69, 9.17) is 0 Å². The van der Waals surface area contributed by atoms with Crippen molar-refractivity contribution in [1.29, 1.82) is 5.26 Å². The first-order valence-corrected chi connectivity index (χ1v) is 10.6. The van der Waals surface area contributed by atoms with Gasteiger partial charge in [-0.2, -0.15) is 10.2 Å². The number of H-pyrrole nitrogens is 1. The Kier molecular flexibility index (Phi) is 5.79. The van der Waals surface area contributed by atoms with E-state index in [-0.39, 0.29) is 23.4 Å². The van der Waals surface area contributed by atoms with Gasteiger partial charge in [0.2, 0.25) is 5.95 Å². The molecule has 162 valence electrons. The van der Waals surface area contributed by atoms with Gasteiger partial charge in [0.15, 0.2) is 0 Å². The van der Waals surface area contributed by atoms with Crippen LogP contribution in [-0.4, -0.2) is 38.7 Å². The van der Waals surface area contributed by atoms with Gasteiger partial charge in [-0.25, -0.2) is 9.37 Å². The van der Waals surface area contributed by atoms with Crippen molar-refractivity contribution in [3.05, 3.63) is 47.5 Å². The number of nitriles is 1. The van der Waals surface area contributed by atoms with Gasteiger partial charge in [-0.3, -0.25) is 0 Å². The van der Waals surface area contributed by atoms with E-state index in [0.717, 1.165) is 35.7 Å². The van der Waals surface area contributed by atoms with Crippen molar-refractivity contribution in [2.75, 3.05) is 17.2 Å². The summed E-state index contributed by atoms with van der Waals surface area (Å²) < 4.78 is 13.4. The highest BCUT2D eigenvalue weighted by atomic mass is 19.1. The van der Waals surface area contributed by atoms with Crippen molar-refractivity contribution in [2.45, 2.75) is 51.7 Å². The molecule has 0 aliphatic heterocycles. The van der Waals surface area contributed by atoms with Gasteiger partial charge in [-0.15, -0.1) is 0 Å². The normalized spacial score (nSPS) is 20.4. The third kappa shape index (κ3) is 4.62. The maximum atomic E-state index is 13.4. The first-order valence-electron chi connectivity index (χ1n) is 10.6. The van der Waals surface area contributed by atoms with Gasteiger partial charge in [0.25, 0.3) is 0 Å². The van der Waals surface area contributed by atoms with E-state index in [2.05, 4.69) is 45.5 Å². The van der Waals surface area contributed by atoms with Gasteiger partial charge >= 0.3 is 0 Å². The molecular formula is C23H27FN6O. The average Bonchev–Trinajstić information content (AvgIpc) is 3.13. The van der Waals surface area contributed by atoms with Crippen molar-refractivity contribution in [1.82, 2.24) is 15.0 Å². The molecule has 2 atom stereocenters. The molecular weight excluding hydrogens is 395 g/mol. The van der Waals surface area contributed by atoms with E-state index in [9.17, 15) is 14.8 Å². The topological polar surface area (TPSA) is 110 Å². The molecule has 0 unspecified atom stereocenters. The first-order chi connectivity index (χ1) is 14.9. The molecule has 7 nitrogen and oxygen atoms in total. The fourth-order valence-corrected chi connectivity index (χ4v) is 4.27. The zero-order valence-electron chi connectivity index (χ0n) is 17.7. The van der Waals surface area contributed by atoms with Gasteiger partial charge in [-0.1, -0.05) is 13.8 Å². The van der Waals surface area contributed by atoms with E-state index < -0.39 is 0 Å². The zero-order valence-corrected chi connectivity index (χ0v) is 17.7. The van der Waals surface area contributed by atoms with Crippen LogP contribution in [0.1, 0.15) is 44.2 Å². The van der Waals surface area contributed by atoms with Crippen LogP contribution in [0.25, 0.3) is 10.9 Å². The minimum Gasteiger partial charge on any atom is -0.393 e. The van der Waals surface area contributed by atoms with Crippen LogP contribution in [0.5, 0.6) is 0 Å².